The minimum atomic E-state index is -1.83. The first-order valence-electron chi connectivity index (χ1n) is 11.1. The van der Waals surface area contributed by atoms with Crippen molar-refractivity contribution in [3.63, 3.8) is 0 Å². The fourth-order valence-corrected chi connectivity index (χ4v) is 4.62. The van der Waals surface area contributed by atoms with Crippen LogP contribution >= 0.6 is 0 Å². The predicted octanol–water partition coefficient (Wildman–Crippen LogP) is 2.06. The van der Waals surface area contributed by atoms with Gasteiger partial charge in [0.15, 0.2) is 5.60 Å². The molecule has 8 heteroatoms. The van der Waals surface area contributed by atoms with Gasteiger partial charge in [-0.2, -0.15) is 0 Å². The molecule has 4 heterocycles. The van der Waals surface area contributed by atoms with Crippen molar-refractivity contribution in [2.24, 2.45) is 4.99 Å². The van der Waals surface area contributed by atoms with Gasteiger partial charge in [0.1, 0.15) is 6.61 Å². The Bertz CT molecular complexity index is 1380. The van der Waals surface area contributed by atoms with Gasteiger partial charge in [-0.05, 0) is 32.6 Å². The monoisotopic (exact) mass is 446 g/mol. The van der Waals surface area contributed by atoms with E-state index in [0.717, 1.165) is 28.6 Å². The summed E-state index contributed by atoms with van der Waals surface area (Å²) in [5.74, 6) is -0.722. The van der Waals surface area contributed by atoms with Crippen LogP contribution in [0.15, 0.2) is 40.1 Å². The van der Waals surface area contributed by atoms with E-state index in [-0.39, 0.29) is 18.6 Å². The van der Waals surface area contributed by atoms with Crippen LogP contribution in [0, 0.1) is 0 Å². The van der Waals surface area contributed by atoms with E-state index in [1.807, 2.05) is 44.6 Å². The smallest absolute Gasteiger partial charge is 0.343 e. The average molecular weight is 447 g/mol. The lowest BCUT2D eigenvalue weighted by Gasteiger charge is -2.31. The highest BCUT2D eigenvalue weighted by Crippen LogP contribution is 2.39. The molecule has 0 fully saturated rings. The highest BCUT2D eigenvalue weighted by atomic mass is 16.6. The van der Waals surface area contributed by atoms with Crippen molar-refractivity contribution < 1.29 is 14.6 Å². The summed E-state index contributed by atoms with van der Waals surface area (Å²) in [6, 6.07) is 9.57. The first kappa shape index (κ1) is 21.5. The van der Waals surface area contributed by atoms with Gasteiger partial charge in [-0.3, -0.25) is 9.79 Å². The molecular formula is C25H26N4O4. The summed E-state index contributed by atoms with van der Waals surface area (Å²) < 4.78 is 6.81. The predicted molar refractivity (Wildman–Crippen MR) is 126 cm³/mol. The summed E-state index contributed by atoms with van der Waals surface area (Å²) in [4.78, 5) is 37.4. The van der Waals surface area contributed by atoms with Crippen LogP contribution in [0.4, 0.5) is 0 Å². The van der Waals surface area contributed by atoms with Gasteiger partial charge in [0.25, 0.3) is 5.56 Å². The lowest BCUT2D eigenvalue weighted by atomic mass is 9.86. The molecule has 0 spiro atoms. The maximum atomic E-state index is 13.4. The van der Waals surface area contributed by atoms with Crippen LogP contribution < -0.4 is 5.56 Å². The molecule has 1 N–H and O–H groups in total. The van der Waals surface area contributed by atoms with Crippen molar-refractivity contribution in [2.45, 2.75) is 32.1 Å². The van der Waals surface area contributed by atoms with Crippen LogP contribution in [0.25, 0.3) is 22.3 Å². The summed E-state index contributed by atoms with van der Waals surface area (Å²) in [6.07, 6.45) is 1.99. The number of aromatic nitrogens is 2. The Morgan fingerprint density at radius 2 is 2.06 bits per heavy atom. The molecule has 0 saturated heterocycles. The van der Waals surface area contributed by atoms with Crippen molar-refractivity contribution >= 4 is 23.1 Å². The van der Waals surface area contributed by atoms with Gasteiger partial charge in [-0.25, -0.2) is 9.78 Å². The molecule has 0 saturated carbocycles. The number of likely N-dealkylation sites (N-methyl/N-ethyl adjacent to an activating group) is 1. The van der Waals surface area contributed by atoms with Crippen LogP contribution in [0.2, 0.25) is 0 Å². The molecule has 0 aliphatic carbocycles. The van der Waals surface area contributed by atoms with Gasteiger partial charge in [0, 0.05) is 34.8 Å². The van der Waals surface area contributed by atoms with Crippen LogP contribution in [0.1, 0.15) is 35.6 Å². The number of aliphatic imine (C=N–C) groups is 1. The highest BCUT2D eigenvalue weighted by molar-refractivity contribution is 6.02. The summed E-state index contributed by atoms with van der Waals surface area (Å²) >= 11 is 0. The Kier molecular flexibility index (Phi) is 5.14. The molecular weight excluding hydrogens is 420 g/mol. The standard InChI is InChI=1S/C25H26N4O4/c1-4-25(32)19-11-21-22-17(13-29(21)23(30)18(19)14-33-24(25)31)16(12-26-9-10-28(2)3)15-7-5-6-8-20(15)27-22/h5-8,11-12,32H,4,9-10,13-14H2,1-3H3/t25-/m0/s1. The van der Waals surface area contributed by atoms with Gasteiger partial charge < -0.3 is 19.3 Å². The Labute approximate surface area is 191 Å². The van der Waals surface area contributed by atoms with Gasteiger partial charge in [-0.1, -0.05) is 25.1 Å². The number of carbonyl (C=O) groups is 1. The minimum absolute atomic E-state index is 0.115. The third-order valence-electron chi connectivity index (χ3n) is 6.54. The van der Waals surface area contributed by atoms with E-state index in [1.165, 1.54) is 0 Å². The number of carbonyl (C=O) groups excluding carboxylic acids is 1. The van der Waals surface area contributed by atoms with E-state index in [0.29, 0.717) is 35.6 Å². The molecule has 33 heavy (non-hydrogen) atoms. The molecule has 3 aromatic rings. The molecule has 2 aliphatic heterocycles. The van der Waals surface area contributed by atoms with Crippen molar-refractivity contribution in [1.29, 1.82) is 0 Å². The zero-order valence-corrected chi connectivity index (χ0v) is 19.0. The quantitative estimate of drug-likeness (QED) is 0.372. The number of benzene rings is 1. The molecule has 1 atom stereocenters. The zero-order chi connectivity index (χ0) is 23.3. The van der Waals surface area contributed by atoms with Gasteiger partial charge >= 0.3 is 5.97 Å². The SMILES string of the molecule is CC[C@@]1(O)C(=O)OCc2c1cc1n(c2=O)Cc2c-1nc1ccccc1c2C=NCCN(C)C. The summed E-state index contributed by atoms with van der Waals surface area (Å²) in [7, 11) is 4.01. The molecule has 5 rings (SSSR count). The van der Waals surface area contributed by atoms with E-state index in [1.54, 1.807) is 17.6 Å². The zero-order valence-electron chi connectivity index (χ0n) is 19.0. The Morgan fingerprint density at radius 1 is 1.27 bits per heavy atom. The number of rotatable bonds is 5. The second-order valence-electron chi connectivity index (χ2n) is 8.81. The average Bonchev–Trinajstić information content (AvgIpc) is 3.17. The Morgan fingerprint density at radius 3 is 2.82 bits per heavy atom. The first-order chi connectivity index (χ1) is 15.8. The fourth-order valence-electron chi connectivity index (χ4n) is 4.62. The highest BCUT2D eigenvalue weighted by Gasteiger charge is 2.45. The maximum Gasteiger partial charge on any atom is 0.343 e. The molecule has 1 aromatic carbocycles. The number of esters is 1. The van der Waals surface area contributed by atoms with Crippen molar-refractivity contribution in [3.8, 4) is 11.4 Å². The number of aliphatic hydroxyl groups is 1. The topological polar surface area (TPSA) is 97.0 Å². The largest absolute Gasteiger partial charge is 0.458 e. The molecule has 0 amide bonds. The summed E-state index contributed by atoms with van der Waals surface area (Å²) in [5, 5.41) is 12.0. The normalized spacial score (nSPS) is 19.1. The van der Waals surface area contributed by atoms with Crippen molar-refractivity contribution in [3.05, 3.63) is 62.9 Å². The van der Waals surface area contributed by atoms with E-state index in [9.17, 15) is 14.7 Å². The molecule has 8 nitrogen and oxygen atoms in total. The number of pyridine rings is 2. The second-order valence-corrected chi connectivity index (χ2v) is 8.81. The molecule has 0 unspecified atom stereocenters. The van der Waals surface area contributed by atoms with Crippen LogP contribution in [-0.4, -0.2) is 58.9 Å². The van der Waals surface area contributed by atoms with Gasteiger partial charge in [0.05, 0.1) is 35.6 Å². The number of hydrogen-bond donors (Lipinski definition) is 1. The minimum Gasteiger partial charge on any atom is -0.458 e. The first-order valence-corrected chi connectivity index (χ1v) is 11.1. The molecule has 170 valence electrons. The molecule has 0 bridgehead atoms. The van der Waals surface area contributed by atoms with Crippen molar-refractivity contribution in [1.82, 2.24) is 14.5 Å². The number of hydrogen-bond acceptors (Lipinski definition) is 7. The van der Waals surface area contributed by atoms with E-state index >= 15 is 0 Å². The Hall–Kier alpha value is -3.36. The maximum absolute atomic E-state index is 13.4. The van der Waals surface area contributed by atoms with Gasteiger partial charge in [-0.15, -0.1) is 0 Å². The van der Waals surface area contributed by atoms with E-state index in [4.69, 9.17) is 9.72 Å². The third kappa shape index (κ3) is 3.29. The number of cyclic esters (lactones) is 1. The van der Waals surface area contributed by atoms with Crippen LogP contribution in [-0.2, 0) is 28.3 Å². The lowest BCUT2D eigenvalue weighted by molar-refractivity contribution is -0.172. The Balaban J connectivity index is 1.72. The number of para-hydroxylation sites is 1. The molecule has 2 aliphatic rings. The molecule has 0 radical (unpaired) electrons. The summed E-state index contributed by atoms with van der Waals surface area (Å²) in [5.41, 5.74) is 2.47. The van der Waals surface area contributed by atoms with Crippen molar-refractivity contribution in [2.75, 3.05) is 27.2 Å². The summed E-state index contributed by atoms with van der Waals surface area (Å²) in [6.45, 7) is 3.39. The van der Waals surface area contributed by atoms with E-state index in [2.05, 4.69) is 9.89 Å². The number of fused-ring (bicyclic) bond motifs is 5. The van der Waals surface area contributed by atoms with Crippen LogP contribution in [0.5, 0.6) is 0 Å². The third-order valence-corrected chi connectivity index (χ3v) is 6.54. The van der Waals surface area contributed by atoms with E-state index < -0.39 is 11.6 Å². The number of nitrogens with zero attached hydrogens (tertiary/aromatic N) is 4. The number of ether oxygens (including phenoxy) is 1. The van der Waals surface area contributed by atoms with Crippen LogP contribution in [0.3, 0.4) is 0 Å². The lowest BCUT2D eigenvalue weighted by Crippen LogP contribution is -2.44. The molecule has 2 aromatic heterocycles. The van der Waals surface area contributed by atoms with Gasteiger partial charge in [0.2, 0.25) is 0 Å². The fraction of sp³-hybridized carbons (Fsp3) is 0.360. The second kappa shape index (κ2) is 7.90.